The highest BCUT2D eigenvalue weighted by atomic mass is 16.4. The van der Waals surface area contributed by atoms with Gasteiger partial charge in [0.1, 0.15) is 0 Å². The lowest BCUT2D eigenvalue weighted by Gasteiger charge is -2.36. The molecule has 0 saturated carbocycles. The first-order valence-corrected chi connectivity index (χ1v) is 6.07. The van der Waals surface area contributed by atoms with Gasteiger partial charge in [0.15, 0.2) is 11.2 Å². The van der Waals surface area contributed by atoms with Gasteiger partial charge in [-0.05, 0) is 24.5 Å². The van der Waals surface area contributed by atoms with Gasteiger partial charge in [-0.15, -0.1) is 0 Å². The molecule has 0 amide bonds. The standard InChI is InChI=1S/C14H15NO4/c1-13-6-9(7-16)4-5-14(8-15,12(18)19)10(13)2-3-11(13)17/h2-4,10,16H,5-7H2,1H3,(H,18,19)/t10-,13-,14+/m0/s1. The van der Waals surface area contributed by atoms with Crippen molar-refractivity contribution in [2.24, 2.45) is 16.7 Å². The number of aliphatic hydroxyl groups excluding tert-OH is 1. The topological polar surface area (TPSA) is 98.4 Å². The van der Waals surface area contributed by atoms with E-state index in [4.69, 9.17) is 0 Å². The molecule has 5 nitrogen and oxygen atoms in total. The molecule has 0 bridgehead atoms. The number of nitriles is 1. The number of hydrogen-bond acceptors (Lipinski definition) is 4. The zero-order chi connectivity index (χ0) is 14.3. The van der Waals surface area contributed by atoms with Crippen LogP contribution < -0.4 is 0 Å². The van der Waals surface area contributed by atoms with Crippen LogP contribution in [0.3, 0.4) is 0 Å². The second-order valence-electron chi connectivity index (χ2n) is 5.41. The molecule has 0 aliphatic heterocycles. The number of aliphatic carboxylic acids is 1. The number of carbonyl (C=O) groups is 2. The average molecular weight is 261 g/mol. The number of rotatable bonds is 2. The molecule has 0 heterocycles. The highest BCUT2D eigenvalue weighted by molar-refractivity contribution is 5.99. The third kappa shape index (κ3) is 1.71. The zero-order valence-corrected chi connectivity index (χ0v) is 10.6. The molecule has 0 radical (unpaired) electrons. The van der Waals surface area contributed by atoms with Gasteiger partial charge in [0.05, 0.1) is 12.7 Å². The zero-order valence-electron chi connectivity index (χ0n) is 10.6. The summed E-state index contributed by atoms with van der Waals surface area (Å²) in [7, 11) is 0. The average Bonchev–Trinajstić information content (AvgIpc) is 2.60. The Labute approximate surface area is 110 Å². The van der Waals surface area contributed by atoms with E-state index in [1.165, 1.54) is 12.2 Å². The normalized spacial score (nSPS) is 37.2. The van der Waals surface area contributed by atoms with Crippen LogP contribution >= 0.6 is 0 Å². The number of ketones is 1. The van der Waals surface area contributed by atoms with Crippen molar-refractivity contribution in [3.8, 4) is 6.07 Å². The number of allylic oxidation sites excluding steroid dienone is 3. The van der Waals surface area contributed by atoms with Gasteiger partial charge in [-0.1, -0.05) is 19.1 Å². The summed E-state index contributed by atoms with van der Waals surface area (Å²) in [5.41, 5.74) is -1.99. The maximum atomic E-state index is 12.1. The Morgan fingerprint density at radius 3 is 2.84 bits per heavy atom. The molecule has 0 aromatic heterocycles. The SMILES string of the molecule is C[C@]12CC(CO)=CC[C@](C#N)(C(=O)O)[C@H]1C=CC2=O. The molecule has 2 aliphatic carbocycles. The number of carboxylic acids is 1. The third-order valence-corrected chi connectivity index (χ3v) is 4.31. The Bertz CT molecular complexity index is 542. The van der Waals surface area contributed by atoms with Gasteiger partial charge in [0, 0.05) is 11.3 Å². The van der Waals surface area contributed by atoms with Crippen LogP contribution in [-0.4, -0.2) is 28.6 Å². The van der Waals surface area contributed by atoms with E-state index >= 15 is 0 Å². The van der Waals surface area contributed by atoms with Crippen molar-refractivity contribution < 1.29 is 19.8 Å². The highest BCUT2D eigenvalue weighted by Gasteiger charge is 2.58. The lowest BCUT2D eigenvalue weighted by Crippen LogP contribution is -2.44. The second kappa shape index (κ2) is 4.32. The summed E-state index contributed by atoms with van der Waals surface area (Å²) in [6, 6.07) is 1.89. The summed E-state index contributed by atoms with van der Waals surface area (Å²) in [6.45, 7) is 1.45. The monoisotopic (exact) mass is 261 g/mol. The molecule has 19 heavy (non-hydrogen) atoms. The first kappa shape index (κ1) is 13.5. The lowest BCUT2D eigenvalue weighted by molar-refractivity contribution is -0.150. The van der Waals surface area contributed by atoms with Gasteiger partial charge >= 0.3 is 5.97 Å². The van der Waals surface area contributed by atoms with E-state index in [0.717, 1.165) is 0 Å². The number of carbonyl (C=O) groups excluding carboxylic acids is 1. The van der Waals surface area contributed by atoms with Crippen molar-refractivity contribution in [3.05, 3.63) is 23.8 Å². The van der Waals surface area contributed by atoms with Crippen LogP contribution in [0.2, 0.25) is 0 Å². The third-order valence-electron chi connectivity index (χ3n) is 4.31. The molecule has 100 valence electrons. The van der Waals surface area contributed by atoms with Crippen LogP contribution in [-0.2, 0) is 9.59 Å². The fourth-order valence-electron chi connectivity index (χ4n) is 3.12. The minimum absolute atomic E-state index is 0.00655. The number of aliphatic hydroxyl groups is 1. The van der Waals surface area contributed by atoms with E-state index < -0.39 is 22.7 Å². The van der Waals surface area contributed by atoms with Gasteiger partial charge in [-0.2, -0.15) is 5.26 Å². The molecular formula is C14H15NO4. The molecule has 0 aromatic carbocycles. The largest absolute Gasteiger partial charge is 0.480 e. The van der Waals surface area contributed by atoms with Crippen molar-refractivity contribution >= 4 is 11.8 Å². The number of nitrogens with zero attached hydrogens (tertiary/aromatic N) is 1. The fourth-order valence-corrected chi connectivity index (χ4v) is 3.12. The van der Waals surface area contributed by atoms with Gasteiger partial charge < -0.3 is 10.2 Å². The molecule has 0 aromatic rings. The molecule has 2 aliphatic rings. The summed E-state index contributed by atoms with van der Waals surface area (Å²) in [4.78, 5) is 23.7. The molecule has 0 unspecified atom stereocenters. The minimum Gasteiger partial charge on any atom is -0.480 e. The maximum Gasteiger partial charge on any atom is 0.325 e. The predicted molar refractivity (Wildman–Crippen MR) is 65.8 cm³/mol. The van der Waals surface area contributed by atoms with E-state index in [2.05, 4.69) is 0 Å². The van der Waals surface area contributed by atoms with E-state index in [1.807, 2.05) is 6.07 Å². The van der Waals surface area contributed by atoms with Gasteiger partial charge in [-0.3, -0.25) is 9.59 Å². The smallest absolute Gasteiger partial charge is 0.325 e. The van der Waals surface area contributed by atoms with E-state index in [-0.39, 0.29) is 25.2 Å². The maximum absolute atomic E-state index is 12.1. The summed E-state index contributed by atoms with van der Waals surface area (Å²) in [6.07, 6.45) is 4.78. The van der Waals surface area contributed by atoms with Crippen LogP contribution in [0.5, 0.6) is 0 Å². The molecule has 0 saturated heterocycles. The van der Waals surface area contributed by atoms with E-state index in [9.17, 15) is 25.1 Å². The van der Waals surface area contributed by atoms with Crippen molar-refractivity contribution in [1.82, 2.24) is 0 Å². The predicted octanol–water partition coefficient (Wildman–Crippen LogP) is 1.05. The second-order valence-corrected chi connectivity index (χ2v) is 5.41. The highest BCUT2D eigenvalue weighted by Crippen LogP contribution is 2.53. The van der Waals surface area contributed by atoms with Crippen molar-refractivity contribution in [2.75, 3.05) is 6.61 Å². The van der Waals surface area contributed by atoms with Crippen LogP contribution in [0.25, 0.3) is 0 Å². The van der Waals surface area contributed by atoms with Crippen molar-refractivity contribution in [2.45, 2.75) is 19.8 Å². The Balaban J connectivity index is 2.61. The van der Waals surface area contributed by atoms with Crippen LogP contribution in [0.1, 0.15) is 19.8 Å². The van der Waals surface area contributed by atoms with E-state index in [1.54, 1.807) is 13.0 Å². The minimum atomic E-state index is -1.64. The Kier molecular flexibility index (Phi) is 3.07. The van der Waals surface area contributed by atoms with Gasteiger partial charge in [0.25, 0.3) is 0 Å². The number of hydrogen-bond donors (Lipinski definition) is 2. The quantitative estimate of drug-likeness (QED) is 0.724. The first-order chi connectivity index (χ1) is 8.90. The first-order valence-electron chi connectivity index (χ1n) is 6.07. The van der Waals surface area contributed by atoms with Crippen LogP contribution in [0.15, 0.2) is 23.8 Å². The van der Waals surface area contributed by atoms with Crippen LogP contribution in [0, 0.1) is 28.1 Å². The molecule has 0 spiro atoms. The summed E-state index contributed by atoms with van der Waals surface area (Å²) < 4.78 is 0. The molecule has 5 heteroatoms. The fraction of sp³-hybridized carbons (Fsp3) is 0.500. The van der Waals surface area contributed by atoms with Crippen molar-refractivity contribution in [1.29, 1.82) is 5.26 Å². The molecule has 0 fully saturated rings. The molecule has 2 rings (SSSR count). The molecular weight excluding hydrogens is 246 g/mol. The Morgan fingerprint density at radius 2 is 2.32 bits per heavy atom. The molecule has 3 atom stereocenters. The van der Waals surface area contributed by atoms with Crippen LogP contribution in [0.4, 0.5) is 0 Å². The number of carboxylic acid groups (broad SMARTS) is 1. The Hall–Kier alpha value is -1.93. The van der Waals surface area contributed by atoms with E-state index in [0.29, 0.717) is 5.57 Å². The summed E-state index contributed by atoms with van der Waals surface area (Å²) in [5.74, 6) is -2.07. The lowest BCUT2D eigenvalue weighted by atomic mass is 9.62. The van der Waals surface area contributed by atoms with Gasteiger partial charge in [-0.25, -0.2) is 0 Å². The number of fused-ring (bicyclic) bond motifs is 1. The summed E-state index contributed by atoms with van der Waals surface area (Å²) in [5, 5.41) is 28.1. The summed E-state index contributed by atoms with van der Waals surface area (Å²) >= 11 is 0. The van der Waals surface area contributed by atoms with Crippen molar-refractivity contribution in [3.63, 3.8) is 0 Å². The van der Waals surface area contributed by atoms with Gasteiger partial charge in [0.2, 0.25) is 0 Å². The molecule has 2 N–H and O–H groups in total. The Morgan fingerprint density at radius 1 is 1.63 bits per heavy atom.